The van der Waals surface area contributed by atoms with Crippen molar-refractivity contribution in [1.82, 2.24) is 0 Å². The number of hydrogen-bond acceptors (Lipinski definition) is 0. The maximum Gasteiger partial charge on any atom is 0.303 e. The van der Waals surface area contributed by atoms with E-state index in [0.717, 1.165) is 0 Å². The molecule has 0 saturated heterocycles. The average Bonchev–Trinajstić information content (AvgIpc) is 1.65. The van der Waals surface area contributed by atoms with E-state index in [9.17, 15) is 22.0 Å². The highest BCUT2D eigenvalue weighted by molar-refractivity contribution is 6.23. The summed E-state index contributed by atoms with van der Waals surface area (Å²) >= 11 is 4.04. The Kier molecular flexibility index (Phi) is 2.66. The van der Waals surface area contributed by atoms with Crippen LogP contribution < -0.4 is 0 Å². The molecule has 0 unspecified atom stereocenters. The molecule has 0 aromatic rings. The molecule has 0 aromatic heterocycles. The van der Waals surface area contributed by atoms with Crippen LogP contribution in [0.15, 0.2) is 0 Å². The quantitative estimate of drug-likeness (QED) is 0.439. The first kappa shape index (κ1) is 8.94. The summed E-state index contributed by atoms with van der Waals surface area (Å²) in [6, 6.07) is 0. The molecule has 0 atom stereocenters. The largest absolute Gasteiger partial charge is 0.303 e. The van der Waals surface area contributed by atoms with Crippen LogP contribution >= 0.6 is 11.6 Å². The maximum absolute atomic E-state index is 11.6. The molecule has 6 heteroatoms. The minimum atomic E-state index is -4.19. The second kappa shape index (κ2) is 2.68. The van der Waals surface area contributed by atoms with Crippen LogP contribution in [0.5, 0.6) is 0 Å². The van der Waals surface area contributed by atoms with E-state index in [0.29, 0.717) is 0 Å². The summed E-state index contributed by atoms with van der Waals surface area (Å²) < 4.78 is 55.9. The van der Waals surface area contributed by atoms with Crippen LogP contribution in [-0.2, 0) is 0 Å². The molecule has 56 valence electrons. The minimum Gasteiger partial charge on any atom is -0.213 e. The predicted molar refractivity (Wildman–Crippen MR) is 21.7 cm³/mol. The van der Waals surface area contributed by atoms with Gasteiger partial charge in [0.05, 0.1) is 0 Å². The molecule has 0 rings (SSSR count). The first-order valence-corrected chi connectivity index (χ1v) is 2.21. The number of alkyl halides is 6. The number of hydrogen-bond donors (Lipinski definition) is 0. The smallest absolute Gasteiger partial charge is 0.213 e. The van der Waals surface area contributed by atoms with Crippen LogP contribution in [0.1, 0.15) is 0 Å². The van der Waals surface area contributed by atoms with Crippen LogP contribution in [-0.4, -0.2) is 18.0 Å². The molecule has 0 aromatic carbocycles. The van der Waals surface area contributed by atoms with Gasteiger partial charge < -0.3 is 0 Å². The molecule has 0 spiro atoms. The summed E-state index contributed by atoms with van der Waals surface area (Å²) in [5.41, 5.74) is 0. The van der Waals surface area contributed by atoms with Gasteiger partial charge in [-0.3, -0.25) is 0 Å². The lowest BCUT2D eigenvalue weighted by molar-refractivity contribution is -0.0740. The van der Waals surface area contributed by atoms with Gasteiger partial charge in [-0.2, -0.15) is 0 Å². The molecule has 0 N–H and O–H groups in total. The van der Waals surface area contributed by atoms with Crippen LogP contribution in [0.3, 0.4) is 0 Å². The normalized spacial score (nSPS) is 13.3. The van der Waals surface area contributed by atoms with Gasteiger partial charge in [-0.1, -0.05) is 11.6 Å². The maximum atomic E-state index is 11.6. The molecular weight excluding hydrogens is 166 g/mol. The van der Waals surface area contributed by atoms with Crippen LogP contribution in [0.25, 0.3) is 0 Å². The lowest BCUT2D eigenvalue weighted by atomic mass is 10.4. The first-order chi connectivity index (χ1) is 3.89. The van der Waals surface area contributed by atoms with Crippen molar-refractivity contribution in [3.8, 4) is 0 Å². The molecule has 0 nitrogen and oxygen atoms in total. The first-order valence-electron chi connectivity index (χ1n) is 1.83. The Morgan fingerprint density at radius 1 is 1.00 bits per heavy atom. The summed E-state index contributed by atoms with van der Waals surface area (Å²) in [6.07, 6.45) is -7.72. The van der Waals surface area contributed by atoms with E-state index in [4.69, 9.17) is 0 Å². The summed E-state index contributed by atoms with van der Waals surface area (Å²) in [5.74, 6) is 0. The van der Waals surface area contributed by atoms with Crippen molar-refractivity contribution < 1.29 is 22.0 Å². The average molecular weight is 168 g/mol. The zero-order valence-electron chi connectivity index (χ0n) is 3.92. The van der Waals surface area contributed by atoms with E-state index in [2.05, 4.69) is 11.6 Å². The third-order valence-electron chi connectivity index (χ3n) is 0.582. The monoisotopic (exact) mass is 168 g/mol. The molecule has 0 aliphatic rings. The highest BCUT2D eigenvalue weighted by Crippen LogP contribution is 2.32. The van der Waals surface area contributed by atoms with Gasteiger partial charge in [-0.05, 0) is 0 Å². The van der Waals surface area contributed by atoms with E-state index in [-0.39, 0.29) is 0 Å². The lowest BCUT2D eigenvalue weighted by Gasteiger charge is -2.14. The Hall–Kier alpha value is -0.0600. The molecule has 0 aliphatic heterocycles. The summed E-state index contributed by atoms with van der Waals surface area (Å²) in [6.45, 7) is 0. The second-order valence-electron chi connectivity index (χ2n) is 1.28. The highest BCUT2D eigenvalue weighted by Gasteiger charge is 2.47. The topological polar surface area (TPSA) is 0 Å². The Balaban J connectivity index is 4.01. The van der Waals surface area contributed by atoms with Gasteiger partial charge in [0.25, 0.3) is 12.9 Å². The van der Waals surface area contributed by atoms with Crippen molar-refractivity contribution in [2.75, 3.05) is 0 Å². The van der Waals surface area contributed by atoms with Gasteiger partial charge in [-0.15, -0.1) is 0 Å². The fourth-order valence-corrected chi connectivity index (χ4v) is 0.0952. The highest BCUT2D eigenvalue weighted by atomic mass is 35.5. The minimum absolute atomic E-state index is 3.86. The van der Waals surface area contributed by atoms with Crippen LogP contribution in [0.2, 0.25) is 0 Å². The van der Waals surface area contributed by atoms with Gasteiger partial charge in [0.2, 0.25) is 0 Å². The number of halogens is 6. The molecule has 0 aliphatic carbocycles. The molecule has 9 heavy (non-hydrogen) atoms. The standard InChI is InChI=1S/C3H2ClF5/c4-3(9,1(5)6)2(7)8/h1-2H. The zero-order valence-corrected chi connectivity index (χ0v) is 4.68. The summed E-state index contributed by atoms with van der Waals surface area (Å²) in [4.78, 5) is 0. The third kappa shape index (κ3) is 1.97. The molecule has 0 heterocycles. The fraction of sp³-hybridized carbons (Fsp3) is 1.00. The summed E-state index contributed by atoms with van der Waals surface area (Å²) in [5, 5.41) is -4.19. The van der Waals surface area contributed by atoms with E-state index in [1.54, 1.807) is 0 Å². The Labute approximate surface area is 52.6 Å². The van der Waals surface area contributed by atoms with Crippen LogP contribution in [0, 0.1) is 0 Å². The SMILES string of the molecule is FC(F)C(F)(Cl)C(F)F. The molecule has 0 amide bonds. The van der Waals surface area contributed by atoms with E-state index in [1.807, 2.05) is 0 Å². The van der Waals surface area contributed by atoms with Crippen molar-refractivity contribution in [3.63, 3.8) is 0 Å². The van der Waals surface area contributed by atoms with Crippen molar-refractivity contribution in [2.45, 2.75) is 18.0 Å². The van der Waals surface area contributed by atoms with E-state index < -0.39 is 18.0 Å². The predicted octanol–water partition coefficient (Wildman–Crippen LogP) is 2.42. The van der Waals surface area contributed by atoms with Crippen molar-refractivity contribution >= 4 is 11.6 Å². The third-order valence-corrected chi connectivity index (χ3v) is 0.912. The van der Waals surface area contributed by atoms with Crippen LogP contribution in [0.4, 0.5) is 22.0 Å². The fourth-order valence-electron chi connectivity index (χ4n) is 0.0952. The number of rotatable bonds is 2. The molecule has 0 saturated carbocycles. The Bertz CT molecular complexity index is 80.2. The Morgan fingerprint density at radius 3 is 1.22 bits per heavy atom. The van der Waals surface area contributed by atoms with Crippen molar-refractivity contribution in [3.05, 3.63) is 0 Å². The molecular formula is C3H2ClF5. The van der Waals surface area contributed by atoms with Gasteiger partial charge in [0.1, 0.15) is 0 Å². The Morgan fingerprint density at radius 2 is 1.22 bits per heavy atom. The van der Waals surface area contributed by atoms with Gasteiger partial charge >= 0.3 is 5.13 Å². The van der Waals surface area contributed by atoms with Gasteiger partial charge in [-0.25, -0.2) is 22.0 Å². The van der Waals surface area contributed by atoms with Crippen molar-refractivity contribution in [1.29, 1.82) is 0 Å². The van der Waals surface area contributed by atoms with E-state index in [1.165, 1.54) is 0 Å². The lowest BCUT2D eigenvalue weighted by Crippen LogP contribution is -2.33. The van der Waals surface area contributed by atoms with E-state index >= 15 is 0 Å². The zero-order chi connectivity index (χ0) is 7.65. The molecule has 0 radical (unpaired) electrons. The molecule has 0 fully saturated rings. The van der Waals surface area contributed by atoms with Crippen molar-refractivity contribution in [2.24, 2.45) is 0 Å². The second-order valence-corrected chi connectivity index (χ2v) is 1.86. The van der Waals surface area contributed by atoms with Gasteiger partial charge in [0, 0.05) is 0 Å². The summed E-state index contributed by atoms with van der Waals surface area (Å²) in [7, 11) is 0. The molecule has 0 bridgehead atoms. The van der Waals surface area contributed by atoms with Gasteiger partial charge in [0.15, 0.2) is 0 Å².